The van der Waals surface area contributed by atoms with Gasteiger partial charge in [0.2, 0.25) is 0 Å². The maximum atomic E-state index is 14.3. The number of fused-ring (bicyclic) bond motifs is 1. The predicted octanol–water partition coefficient (Wildman–Crippen LogP) is 4.85. The van der Waals surface area contributed by atoms with Crippen molar-refractivity contribution >= 4 is 38.6 Å². The van der Waals surface area contributed by atoms with E-state index in [0.29, 0.717) is 39.3 Å². The van der Waals surface area contributed by atoms with E-state index in [9.17, 15) is 8.78 Å². The Morgan fingerprint density at radius 2 is 1.95 bits per heavy atom. The van der Waals surface area contributed by atoms with Crippen molar-refractivity contribution in [2.24, 2.45) is 0 Å². The van der Waals surface area contributed by atoms with E-state index in [4.69, 9.17) is 11.6 Å². The predicted molar refractivity (Wildman–Crippen MR) is 83.1 cm³/mol. The second kappa shape index (κ2) is 5.73. The van der Waals surface area contributed by atoms with Crippen LogP contribution in [0.3, 0.4) is 0 Å². The quantitative estimate of drug-likeness (QED) is 0.602. The first-order valence-corrected chi connectivity index (χ1v) is 7.61. The standard InChI is InChI=1S/C15H10BrClF2N2/c16-9-1-4-13(11(19)7-9)21-14-8-10(18)2-3-12(14)20-15(21)5-6-17/h1-4,7-8H,5-6H2. The summed E-state index contributed by atoms with van der Waals surface area (Å²) in [5.74, 6) is 0.151. The molecule has 0 bridgehead atoms. The van der Waals surface area contributed by atoms with E-state index in [1.807, 2.05) is 0 Å². The third-order valence-corrected chi connectivity index (χ3v) is 3.84. The molecule has 0 fully saturated rings. The zero-order chi connectivity index (χ0) is 15.0. The highest BCUT2D eigenvalue weighted by Gasteiger charge is 2.15. The fourth-order valence-corrected chi connectivity index (χ4v) is 2.78. The highest BCUT2D eigenvalue weighted by atomic mass is 79.9. The number of benzene rings is 2. The van der Waals surface area contributed by atoms with Crippen LogP contribution in [0.2, 0.25) is 0 Å². The van der Waals surface area contributed by atoms with Crippen molar-refractivity contribution < 1.29 is 8.78 Å². The summed E-state index contributed by atoms with van der Waals surface area (Å²) in [5.41, 5.74) is 1.46. The van der Waals surface area contributed by atoms with Crippen molar-refractivity contribution in [1.29, 1.82) is 0 Å². The lowest BCUT2D eigenvalue weighted by molar-refractivity contribution is 0.615. The second-order valence-corrected chi connectivity index (χ2v) is 5.82. The van der Waals surface area contributed by atoms with Crippen LogP contribution in [0.5, 0.6) is 0 Å². The summed E-state index contributed by atoms with van der Waals surface area (Å²) < 4.78 is 30.0. The van der Waals surface area contributed by atoms with E-state index >= 15 is 0 Å². The summed E-state index contributed by atoms with van der Waals surface area (Å²) >= 11 is 9.01. The lowest BCUT2D eigenvalue weighted by atomic mass is 10.2. The molecule has 0 unspecified atom stereocenters. The first-order valence-electron chi connectivity index (χ1n) is 6.28. The Kier molecular flexibility index (Phi) is 3.95. The topological polar surface area (TPSA) is 17.8 Å². The zero-order valence-corrected chi connectivity index (χ0v) is 13.1. The van der Waals surface area contributed by atoms with Gasteiger partial charge in [0, 0.05) is 22.8 Å². The van der Waals surface area contributed by atoms with E-state index in [0.717, 1.165) is 0 Å². The molecular formula is C15H10BrClF2N2. The number of halogens is 4. The summed E-state index contributed by atoms with van der Waals surface area (Å²) in [6.45, 7) is 0. The average molecular weight is 372 g/mol. The van der Waals surface area contributed by atoms with Crippen molar-refractivity contribution in [3.8, 4) is 5.69 Å². The second-order valence-electron chi connectivity index (χ2n) is 4.53. The van der Waals surface area contributed by atoms with Crippen molar-refractivity contribution in [1.82, 2.24) is 9.55 Å². The third-order valence-electron chi connectivity index (χ3n) is 3.15. The minimum atomic E-state index is -0.413. The third kappa shape index (κ3) is 2.68. The molecule has 0 N–H and O–H groups in total. The Bertz CT molecular complexity index is 817. The number of imidazole rings is 1. The maximum Gasteiger partial charge on any atom is 0.148 e. The van der Waals surface area contributed by atoms with Gasteiger partial charge in [-0.2, -0.15) is 0 Å². The molecule has 21 heavy (non-hydrogen) atoms. The molecule has 1 heterocycles. The summed E-state index contributed by atoms with van der Waals surface area (Å²) in [4.78, 5) is 4.42. The molecule has 3 rings (SSSR count). The summed E-state index contributed by atoms with van der Waals surface area (Å²) in [6, 6.07) is 8.99. The number of aryl methyl sites for hydroxylation is 1. The van der Waals surface area contributed by atoms with Crippen LogP contribution in [0.15, 0.2) is 40.9 Å². The molecule has 0 radical (unpaired) electrons. The molecule has 0 saturated carbocycles. The lowest BCUT2D eigenvalue weighted by Crippen LogP contribution is -2.04. The molecule has 2 nitrogen and oxygen atoms in total. The molecule has 0 aliphatic heterocycles. The van der Waals surface area contributed by atoms with Gasteiger partial charge >= 0.3 is 0 Å². The van der Waals surface area contributed by atoms with Crippen LogP contribution in [0.25, 0.3) is 16.7 Å². The normalized spacial score (nSPS) is 11.2. The molecule has 0 amide bonds. The van der Waals surface area contributed by atoms with Gasteiger partial charge in [0.05, 0.1) is 16.7 Å². The lowest BCUT2D eigenvalue weighted by Gasteiger charge is -2.10. The van der Waals surface area contributed by atoms with Gasteiger partial charge in [0.15, 0.2) is 0 Å². The molecule has 1 aromatic heterocycles. The first kappa shape index (κ1) is 14.5. The fourth-order valence-electron chi connectivity index (χ4n) is 2.28. The van der Waals surface area contributed by atoms with E-state index < -0.39 is 11.6 Å². The molecule has 3 aromatic rings. The Balaban J connectivity index is 2.32. The Morgan fingerprint density at radius 3 is 2.67 bits per heavy atom. The monoisotopic (exact) mass is 370 g/mol. The minimum absolute atomic E-state index is 0.325. The Labute approximate surface area is 133 Å². The number of alkyl halides is 1. The van der Waals surface area contributed by atoms with Crippen LogP contribution in [0, 0.1) is 11.6 Å². The van der Waals surface area contributed by atoms with Crippen molar-refractivity contribution in [2.45, 2.75) is 6.42 Å². The minimum Gasteiger partial charge on any atom is -0.293 e. The molecular weight excluding hydrogens is 362 g/mol. The van der Waals surface area contributed by atoms with Gasteiger partial charge in [-0.15, -0.1) is 11.6 Å². The largest absolute Gasteiger partial charge is 0.293 e. The van der Waals surface area contributed by atoms with Crippen LogP contribution >= 0.6 is 27.5 Å². The molecule has 0 saturated heterocycles. The van der Waals surface area contributed by atoms with Gasteiger partial charge in [0.1, 0.15) is 17.5 Å². The number of aromatic nitrogens is 2. The summed E-state index contributed by atoms with van der Waals surface area (Å²) in [7, 11) is 0. The van der Waals surface area contributed by atoms with Crippen LogP contribution in [0.1, 0.15) is 5.82 Å². The Hall–Kier alpha value is -1.46. The van der Waals surface area contributed by atoms with E-state index in [2.05, 4.69) is 20.9 Å². The van der Waals surface area contributed by atoms with Crippen molar-refractivity contribution in [2.75, 3.05) is 5.88 Å². The smallest absolute Gasteiger partial charge is 0.148 e. The molecule has 0 spiro atoms. The Morgan fingerprint density at radius 1 is 1.14 bits per heavy atom. The van der Waals surface area contributed by atoms with Crippen LogP contribution in [0.4, 0.5) is 8.78 Å². The number of hydrogen-bond donors (Lipinski definition) is 0. The van der Waals surface area contributed by atoms with E-state index in [1.165, 1.54) is 18.2 Å². The average Bonchev–Trinajstić information content (AvgIpc) is 2.77. The molecule has 2 aromatic carbocycles. The van der Waals surface area contributed by atoms with Crippen molar-refractivity contribution in [3.05, 3.63) is 58.3 Å². The maximum absolute atomic E-state index is 14.3. The molecule has 0 aliphatic rings. The van der Waals surface area contributed by atoms with Crippen molar-refractivity contribution in [3.63, 3.8) is 0 Å². The number of nitrogens with zero attached hydrogens (tertiary/aromatic N) is 2. The highest BCUT2D eigenvalue weighted by Crippen LogP contribution is 2.26. The van der Waals surface area contributed by atoms with Gasteiger partial charge in [0.25, 0.3) is 0 Å². The SMILES string of the molecule is Fc1ccc2nc(CCCl)n(-c3ccc(Br)cc3F)c2c1. The highest BCUT2D eigenvalue weighted by molar-refractivity contribution is 9.10. The first-order chi connectivity index (χ1) is 10.1. The van der Waals surface area contributed by atoms with E-state index in [1.54, 1.807) is 22.8 Å². The van der Waals surface area contributed by atoms with E-state index in [-0.39, 0.29) is 0 Å². The summed E-state index contributed by atoms with van der Waals surface area (Å²) in [6.07, 6.45) is 0.466. The van der Waals surface area contributed by atoms with Gasteiger partial charge in [-0.1, -0.05) is 15.9 Å². The number of rotatable bonds is 3. The van der Waals surface area contributed by atoms with Gasteiger partial charge in [-0.25, -0.2) is 13.8 Å². The molecule has 6 heteroatoms. The fraction of sp³-hybridized carbons (Fsp3) is 0.133. The van der Waals surface area contributed by atoms with Crippen LogP contribution in [-0.2, 0) is 6.42 Å². The van der Waals surface area contributed by atoms with Gasteiger partial charge in [-0.3, -0.25) is 4.57 Å². The van der Waals surface area contributed by atoms with Gasteiger partial charge < -0.3 is 0 Å². The number of hydrogen-bond acceptors (Lipinski definition) is 1. The van der Waals surface area contributed by atoms with Crippen LogP contribution in [-0.4, -0.2) is 15.4 Å². The summed E-state index contributed by atoms with van der Waals surface area (Å²) in [5, 5.41) is 0. The zero-order valence-electron chi connectivity index (χ0n) is 10.8. The molecule has 0 atom stereocenters. The van der Waals surface area contributed by atoms with Crippen LogP contribution < -0.4 is 0 Å². The molecule has 108 valence electrons. The molecule has 0 aliphatic carbocycles. The van der Waals surface area contributed by atoms with Gasteiger partial charge in [-0.05, 0) is 30.3 Å².